The Morgan fingerprint density at radius 2 is 1.59 bits per heavy atom. The van der Waals surface area contributed by atoms with E-state index in [-0.39, 0.29) is 10.8 Å². The van der Waals surface area contributed by atoms with Crippen molar-refractivity contribution in [1.82, 2.24) is 4.90 Å². The van der Waals surface area contributed by atoms with Crippen molar-refractivity contribution in [2.75, 3.05) is 13.1 Å². The van der Waals surface area contributed by atoms with Gasteiger partial charge in [0.2, 0.25) is 0 Å². The number of amidine groups is 1. The number of fused-ring (bicyclic) bond motifs is 1. The lowest BCUT2D eigenvalue weighted by Gasteiger charge is -2.42. The van der Waals surface area contributed by atoms with Crippen LogP contribution >= 0.6 is 0 Å². The molecule has 3 aliphatic rings. The van der Waals surface area contributed by atoms with Gasteiger partial charge in [-0.15, -0.1) is 0 Å². The topological polar surface area (TPSA) is 41.6 Å². The lowest BCUT2D eigenvalue weighted by Crippen LogP contribution is -2.42. The van der Waals surface area contributed by atoms with E-state index < -0.39 is 0 Å². The van der Waals surface area contributed by atoms with Crippen LogP contribution in [0.1, 0.15) is 82.1 Å². The highest BCUT2D eigenvalue weighted by Gasteiger charge is 2.37. The Balaban J connectivity index is 1.67. The maximum Gasteiger partial charge on any atom is 0.109 e. The van der Waals surface area contributed by atoms with Gasteiger partial charge in [0.1, 0.15) is 5.84 Å². The Kier molecular flexibility index (Phi) is 4.50. The second-order valence-corrected chi connectivity index (χ2v) is 10.1. The van der Waals surface area contributed by atoms with E-state index in [1.807, 2.05) is 0 Å². The number of nitrogens with two attached hydrogens (primary N) is 1. The van der Waals surface area contributed by atoms with Crippen molar-refractivity contribution in [1.29, 1.82) is 0 Å². The number of hydrogen-bond acceptors (Lipinski definition) is 3. The van der Waals surface area contributed by atoms with Crippen molar-refractivity contribution in [2.24, 2.45) is 10.7 Å². The first-order valence-corrected chi connectivity index (χ1v) is 10.6. The third-order valence-corrected chi connectivity index (χ3v) is 7.11. The van der Waals surface area contributed by atoms with Crippen LogP contribution in [0.5, 0.6) is 0 Å². The molecule has 0 spiro atoms. The summed E-state index contributed by atoms with van der Waals surface area (Å²) in [4.78, 5) is 7.50. The van der Waals surface area contributed by atoms with Gasteiger partial charge in [-0.1, -0.05) is 39.8 Å². The monoisotopic (exact) mass is 365 g/mol. The Morgan fingerprint density at radius 3 is 2.22 bits per heavy atom. The molecule has 0 radical (unpaired) electrons. The smallest absolute Gasteiger partial charge is 0.109 e. The van der Waals surface area contributed by atoms with E-state index in [0.717, 1.165) is 32.4 Å². The van der Waals surface area contributed by atoms with Gasteiger partial charge in [0.05, 0.1) is 5.70 Å². The molecule has 146 valence electrons. The van der Waals surface area contributed by atoms with Crippen molar-refractivity contribution in [3.8, 4) is 0 Å². The fraction of sp³-hybridized carbons (Fsp3) is 0.625. The molecule has 27 heavy (non-hydrogen) atoms. The molecular weight excluding hydrogens is 330 g/mol. The molecular formula is C24H35N3. The first-order chi connectivity index (χ1) is 12.7. The van der Waals surface area contributed by atoms with Crippen molar-refractivity contribution >= 4 is 11.5 Å². The summed E-state index contributed by atoms with van der Waals surface area (Å²) in [5, 5.41) is 0. The number of piperidine rings is 1. The maximum absolute atomic E-state index is 6.07. The molecule has 3 nitrogen and oxygen atoms in total. The van der Waals surface area contributed by atoms with Crippen molar-refractivity contribution in [3.05, 3.63) is 40.5 Å². The fourth-order valence-corrected chi connectivity index (χ4v) is 4.94. The van der Waals surface area contributed by atoms with Gasteiger partial charge in [0.25, 0.3) is 0 Å². The maximum atomic E-state index is 6.07. The predicted molar refractivity (Wildman–Crippen MR) is 115 cm³/mol. The van der Waals surface area contributed by atoms with Crippen LogP contribution in [-0.4, -0.2) is 29.9 Å². The summed E-state index contributed by atoms with van der Waals surface area (Å²) in [7, 11) is 0. The molecule has 4 rings (SSSR count). The Labute approximate surface area is 164 Å². The number of aryl methyl sites for hydroxylation is 1. The summed E-state index contributed by atoms with van der Waals surface area (Å²) in [5.74, 6) is 1.23. The van der Waals surface area contributed by atoms with Crippen LogP contribution in [0.15, 0.2) is 23.2 Å². The molecule has 1 aliphatic carbocycles. The van der Waals surface area contributed by atoms with Gasteiger partial charge in [-0.2, -0.15) is 0 Å². The summed E-state index contributed by atoms with van der Waals surface area (Å²) in [5.41, 5.74) is 13.5. The van der Waals surface area contributed by atoms with Crippen LogP contribution < -0.4 is 5.73 Å². The zero-order chi connectivity index (χ0) is 19.4. The highest BCUT2D eigenvalue weighted by Crippen LogP contribution is 2.47. The minimum atomic E-state index is 0.238. The molecule has 0 atom stereocenters. The molecule has 0 bridgehead atoms. The Morgan fingerprint density at radius 1 is 1.00 bits per heavy atom. The predicted octanol–water partition coefficient (Wildman–Crippen LogP) is 4.91. The number of benzene rings is 1. The second kappa shape index (κ2) is 6.48. The van der Waals surface area contributed by atoms with E-state index >= 15 is 0 Å². The van der Waals surface area contributed by atoms with Crippen LogP contribution in [0, 0.1) is 6.92 Å². The molecule has 0 saturated carbocycles. The summed E-state index contributed by atoms with van der Waals surface area (Å²) in [6.45, 7) is 13.9. The van der Waals surface area contributed by atoms with Gasteiger partial charge in [0.15, 0.2) is 0 Å². The molecule has 1 fully saturated rings. The molecule has 0 unspecified atom stereocenters. The molecule has 1 aromatic carbocycles. The lowest BCUT2D eigenvalue weighted by atomic mass is 9.62. The number of nitrogens with zero attached hydrogens (tertiary/aromatic N) is 2. The molecule has 2 N–H and O–H groups in total. The molecule has 0 aromatic heterocycles. The molecule has 3 heteroatoms. The van der Waals surface area contributed by atoms with Crippen molar-refractivity contribution in [2.45, 2.75) is 83.6 Å². The summed E-state index contributed by atoms with van der Waals surface area (Å²) >= 11 is 0. The van der Waals surface area contributed by atoms with Gasteiger partial charge in [-0.25, -0.2) is 4.99 Å². The van der Waals surface area contributed by atoms with Gasteiger partial charge >= 0.3 is 0 Å². The minimum Gasteiger partial charge on any atom is -0.360 e. The zero-order valence-corrected chi connectivity index (χ0v) is 17.7. The molecule has 2 aliphatic heterocycles. The quantitative estimate of drug-likeness (QED) is 0.768. The number of hydrogen-bond donors (Lipinski definition) is 1. The largest absolute Gasteiger partial charge is 0.360 e. The first-order valence-electron chi connectivity index (χ1n) is 10.6. The van der Waals surface area contributed by atoms with Crippen LogP contribution in [0.2, 0.25) is 0 Å². The summed E-state index contributed by atoms with van der Waals surface area (Å²) in [6.07, 6.45) is 7.94. The van der Waals surface area contributed by atoms with Gasteiger partial charge in [0, 0.05) is 31.1 Å². The van der Waals surface area contributed by atoms with E-state index in [9.17, 15) is 0 Å². The van der Waals surface area contributed by atoms with Gasteiger partial charge in [-0.3, -0.25) is 0 Å². The number of aliphatic imine (C=N–C) groups is 1. The van der Waals surface area contributed by atoms with Crippen LogP contribution in [0.4, 0.5) is 0 Å². The van der Waals surface area contributed by atoms with Gasteiger partial charge in [-0.05, 0) is 66.2 Å². The average Bonchev–Trinajstić information content (AvgIpc) is 3.09. The van der Waals surface area contributed by atoms with Crippen LogP contribution in [-0.2, 0) is 10.8 Å². The molecule has 0 amide bonds. The second-order valence-electron chi connectivity index (χ2n) is 10.1. The fourth-order valence-electron chi connectivity index (χ4n) is 4.94. The van der Waals surface area contributed by atoms with Gasteiger partial charge < -0.3 is 10.6 Å². The highest BCUT2D eigenvalue weighted by atomic mass is 15.2. The Hall–Kier alpha value is -1.61. The molecule has 1 saturated heterocycles. The number of likely N-dealkylation sites (tertiary alicyclic amines) is 1. The third kappa shape index (κ3) is 3.35. The van der Waals surface area contributed by atoms with Crippen LogP contribution in [0.3, 0.4) is 0 Å². The molecule has 1 aromatic rings. The van der Waals surface area contributed by atoms with Crippen molar-refractivity contribution in [3.63, 3.8) is 0 Å². The standard InChI is InChI=1S/C24H35N3/c1-16-14-19-20(24(4,5)11-10-23(19,2)3)15-18(16)21-6-7-22(26-21)27-12-8-17(25)9-13-27/h6,14-15,17H,7-13,25H2,1-5H3. The van der Waals surface area contributed by atoms with E-state index in [1.165, 1.54) is 46.6 Å². The van der Waals surface area contributed by atoms with Crippen molar-refractivity contribution < 1.29 is 0 Å². The van der Waals surface area contributed by atoms with E-state index in [1.54, 1.807) is 0 Å². The summed E-state index contributed by atoms with van der Waals surface area (Å²) in [6, 6.07) is 5.26. The van der Waals surface area contributed by atoms with E-state index in [0.29, 0.717) is 6.04 Å². The first kappa shape index (κ1) is 18.7. The normalized spacial score (nSPS) is 24.4. The average molecular weight is 366 g/mol. The minimum absolute atomic E-state index is 0.238. The lowest BCUT2D eigenvalue weighted by molar-refractivity contribution is 0.311. The van der Waals surface area contributed by atoms with E-state index in [2.05, 4.69) is 57.7 Å². The molecule has 2 heterocycles. The summed E-state index contributed by atoms with van der Waals surface area (Å²) < 4.78 is 0. The third-order valence-electron chi connectivity index (χ3n) is 7.11. The SMILES string of the molecule is Cc1cc2c(cc1C1=CCC(N3CCC(N)CC3)=N1)C(C)(C)CCC2(C)C. The highest BCUT2D eigenvalue weighted by molar-refractivity contribution is 5.95. The van der Waals surface area contributed by atoms with Crippen LogP contribution in [0.25, 0.3) is 5.70 Å². The zero-order valence-electron chi connectivity index (χ0n) is 17.7. The Bertz CT molecular complexity index is 805. The number of rotatable bonds is 1. The van der Waals surface area contributed by atoms with E-state index in [4.69, 9.17) is 10.7 Å².